The van der Waals surface area contributed by atoms with Gasteiger partial charge in [-0.15, -0.1) is 11.3 Å². The van der Waals surface area contributed by atoms with Gasteiger partial charge in [0.25, 0.3) is 0 Å². The predicted octanol–water partition coefficient (Wildman–Crippen LogP) is -0.408. The van der Waals surface area contributed by atoms with Crippen LogP contribution in [0.1, 0.15) is 12.5 Å². The molecule has 1 aromatic heterocycles. The molecule has 1 atom stereocenters. The molecule has 0 aliphatic heterocycles. The van der Waals surface area contributed by atoms with Gasteiger partial charge in [-0.25, -0.2) is 0 Å². The van der Waals surface area contributed by atoms with Gasteiger partial charge in [-0.05, 0) is 36.8 Å². The van der Waals surface area contributed by atoms with Gasteiger partial charge in [0.1, 0.15) is 0 Å². The van der Waals surface area contributed by atoms with Crippen LogP contribution in [0.5, 0.6) is 0 Å². The third kappa shape index (κ3) is 2.77. The molecule has 0 saturated heterocycles. The normalized spacial score (nSPS) is 12.3. The molecule has 3 aromatic rings. The van der Waals surface area contributed by atoms with Crippen molar-refractivity contribution in [3.8, 4) is 0 Å². The van der Waals surface area contributed by atoms with Crippen LogP contribution in [-0.4, -0.2) is 6.04 Å². The summed E-state index contributed by atoms with van der Waals surface area (Å²) in [6, 6.07) is 14.4. The van der Waals surface area contributed by atoms with E-state index in [1.165, 1.54) is 5.56 Å². The van der Waals surface area contributed by atoms with Crippen LogP contribution in [0.3, 0.4) is 0 Å². The van der Waals surface area contributed by atoms with E-state index >= 15 is 0 Å². The zero-order valence-electron chi connectivity index (χ0n) is 11.2. The second kappa shape index (κ2) is 6.04. The van der Waals surface area contributed by atoms with Crippen LogP contribution < -0.4 is 28.1 Å². The van der Waals surface area contributed by atoms with Crippen molar-refractivity contribution in [3.63, 3.8) is 0 Å². The first-order valence-electron chi connectivity index (χ1n) is 6.43. The minimum absolute atomic E-state index is 0. The Hall–Kier alpha value is -1.23. The van der Waals surface area contributed by atoms with Gasteiger partial charge in [-0.2, -0.15) is 0 Å². The van der Waals surface area contributed by atoms with Gasteiger partial charge in [0.05, 0.1) is 6.04 Å². The molecule has 0 saturated carbocycles. The van der Waals surface area contributed by atoms with Crippen LogP contribution in [0.25, 0.3) is 20.2 Å². The number of rotatable bonds is 2. The molecule has 0 amide bonds. The Labute approximate surface area is 132 Å². The van der Waals surface area contributed by atoms with Crippen molar-refractivity contribution in [1.82, 2.24) is 0 Å². The van der Waals surface area contributed by atoms with Crippen molar-refractivity contribution in [2.75, 3.05) is 0 Å². The maximum atomic E-state index is 12.5. The molecule has 104 valence electrons. The van der Waals surface area contributed by atoms with Crippen LogP contribution in [-0.2, 0) is 6.42 Å². The van der Waals surface area contributed by atoms with E-state index in [2.05, 4.69) is 24.8 Å². The minimum atomic E-state index is 0. The van der Waals surface area contributed by atoms with Crippen LogP contribution in [0.15, 0.2) is 47.3 Å². The summed E-state index contributed by atoms with van der Waals surface area (Å²) in [6.07, 6.45) is 0.910. The van der Waals surface area contributed by atoms with E-state index < -0.39 is 0 Å². The van der Waals surface area contributed by atoms with Crippen molar-refractivity contribution in [1.29, 1.82) is 0 Å². The van der Waals surface area contributed by atoms with Crippen LogP contribution in [0.2, 0.25) is 0 Å². The average Bonchev–Trinajstić information content (AvgIpc) is 2.39. The highest BCUT2D eigenvalue weighted by Gasteiger charge is 2.07. The van der Waals surface area contributed by atoms with Gasteiger partial charge < -0.3 is 22.7 Å². The second-order valence-corrected chi connectivity index (χ2v) is 6.15. The fourth-order valence-corrected chi connectivity index (χ4v) is 3.43. The molecule has 0 aliphatic rings. The standard InChI is InChI=1S/C16H15NOS.BrH/c1-10(17)8-11-6-7-15-13(9-11)16(18)12-4-2-3-5-14(12)19-15;/h2-7,9-10H,8,17H2,1H3;1H. The Morgan fingerprint density at radius 3 is 2.55 bits per heavy atom. The molecular weight excluding hydrogens is 334 g/mol. The minimum Gasteiger partial charge on any atom is -1.00 e. The largest absolute Gasteiger partial charge is 1.00 e. The monoisotopic (exact) mass is 349 g/mol. The van der Waals surface area contributed by atoms with Gasteiger partial charge >= 0.3 is 0 Å². The van der Waals surface area contributed by atoms with E-state index in [9.17, 15) is 4.79 Å². The van der Waals surface area contributed by atoms with E-state index in [1.54, 1.807) is 11.3 Å². The summed E-state index contributed by atoms with van der Waals surface area (Å²) >= 11 is 1.68. The molecule has 1 heterocycles. The molecule has 3 N–H and O–H groups in total. The molecule has 0 spiro atoms. The fourth-order valence-electron chi connectivity index (χ4n) is 2.38. The zero-order chi connectivity index (χ0) is 13.4. The van der Waals surface area contributed by atoms with Gasteiger partial charge in [0.2, 0.25) is 0 Å². The lowest BCUT2D eigenvalue weighted by Gasteiger charge is -2.05. The quantitative estimate of drug-likeness (QED) is 0.628. The number of hydrogen-bond donors (Lipinski definition) is 1. The maximum absolute atomic E-state index is 12.5. The fraction of sp³-hybridized carbons (Fsp3) is 0.188. The molecule has 4 heteroatoms. The topological polar surface area (TPSA) is 44.7 Å². The van der Waals surface area contributed by atoms with Gasteiger partial charge in [0, 0.05) is 26.6 Å². The molecule has 2 aromatic carbocycles. The van der Waals surface area contributed by atoms with Gasteiger partial charge in [0.15, 0.2) is 5.43 Å². The predicted molar refractivity (Wildman–Crippen MR) is 81.7 cm³/mol. The van der Waals surface area contributed by atoms with Gasteiger partial charge in [-0.3, -0.25) is 4.79 Å². The zero-order valence-corrected chi connectivity index (χ0v) is 13.6. The van der Waals surface area contributed by atoms with Crippen LogP contribution in [0, 0.1) is 0 Å². The Morgan fingerprint density at radius 1 is 1.10 bits per heavy atom. The number of fused-ring (bicyclic) bond motifs is 2. The Kier molecular flexibility index (Phi) is 4.58. The SMILES string of the molecule is CC([NH3+])Cc1ccc2sc3ccccc3c(=O)c2c1.[Br-]. The lowest BCUT2D eigenvalue weighted by Crippen LogP contribution is -3.00. The number of quaternary nitrogens is 1. The van der Waals surface area contributed by atoms with Crippen LogP contribution >= 0.6 is 11.3 Å². The highest BCUT2D eigenvalue weighted by molar-refractivity contribution is 7.24. The molecule has 1 unspecified atom stereocenters. The lowest BCUT2D eigenvalue weighted by atomic mass is 10.1. The third-order valence-electron chi connectivity index (χ3n) is 3.22. The molecular formula is C16H16BrNOS. The van der Waals surface area contributed by atoms with E-state index in [0.29, 0.717) is 6.04 Å². The van der Waals surface area contributed by atoms with E-state index in [1.807, 2.05) is 30.3 Å². The number of halogens is 1. The smallest absolute Gasteiger partial charge is 0.195 e. The van der Waals surface area contributed by atoms with Crippen molar-refractivity contribution in [2.45, 2.75) is 19.4 Å². The second-order valence-electron chi connectivity index (χ2n) is 5.07. The van der Waals surface area contributed by atoms with E-state index in [-0.39, 0.29) is 22.4 Å². The average molecular weight is 350 g/mol. The van der Waals surface area contributed by atoms with E-state index in [4.69, 9.17) is 0 Å². The van der Waals surface area contributed by atoms with Crippen LogP contribution in [0.4, 0.5) is 0 Å². The summed E-state index contributed by atoms with van der Waals surface area (Å²) < 4.78 is 2.11. The number of hydrogen-bond acceptors (Lipinski definition) is 2. The lowest BCUT2D eigenvalue weighted by molar-refractivity contribution is -0.413. The Bertz CT molecular complexity index is 810. The Morgan fingerprint density at radius 2 is 1.80 bits per heavy atom. The highest BCUT2D eigenvalue weighted by atomic mass is 79.9. The summed E-state index contributed by atoms with van der Waals surface area (Å²) in [5.74, 6) is 0. The first-order valence-corrected chi connectivity index (χ1v) is 7.24. The maximum Gasteiger partial charge on any atom is 0.195 e. The third-order valence-corrected chi connectivity index (χ3v) is 4.38. The number of benzene rings is 2. The van der Waals surface area contributed by atoms with Crippen molar-refractivity contribution in [2.24, 2.45) is 0 Å². The molecule has 0 bridgehead atoms. The highest BCUT2D eigenvalue weighted by Crippen LogP contribution is 2.25. The summed E-state index contributed by atoms with van der Waals surface area (Å²) in [5.41, 5.74) is 5.34. The van der Waals surface area contributed by atoms with Crippen molar-refractivity contribution in [3.05, 3.63) is 58.3 Å². The first-order chi connectivity index (χ1) is 9.15. The molecule has 0 aliphatic carbocycles. The summed E-state index contributed by atoms with van der Waals surface area (Å²) in [7, 11) is 0. The summed E-state index contributed by atoms with van der Waals surface area (Å²) in [6.45, 7) is 2.09. The molecule has 0 fully saturated rings. The van der Waals surface area contributed by atoms with E-state index in [0.717, 1.165) is 26.6 Å². The molecule has 20 heavy (non-hydrogen) atoms. The summed E-state index contributed by atoms with van der Waals surface area (Å²) in [4.78, 5) is 12.5. The van der Waals surface area contributed by atoms with Crippen molar-refractivity contribution >= 4 is 31.5 Å². The van der Waals surface area contributed by atoms with Gasteiger partial charge in [-0.1, -0.05) is 18.2 Å². The molecule has 3 rings (SSSR count). The summed E-state index contributed by atoms with van der Waals surface area (Å²) in [5, 5.41) is 1.65. The first kappa shape index (κ1) is 15.2. The Balaban J connectivity index is 0.00000147. The molecule has 0 radical (unpaired) electrons. The van der Waals surface area contributed by atoms with Crippen molar-refractivity contribution < 1.29 is 22.7 Å². The molecule has 2 nitrogen and oxygen atoms in total.